The Morgan fingerprint density at radius 2 is 1.79 bits per heavy atom. The Hall–Kier alpha value is -2.74. The van der Waals surface area contributed by atoms with Gasteiger partial charge in [0.2, 0.25) is 15.9 Å². The number of methoxy groups -OCH3 is 1. The van der Waals surface area contributed by atoms with Crippen molar-refractivity contribution >= 4 is 21.6 Å². The number of aryl methyl sites for hydroxylation is 2. The van der Waals surface area contributed by atoms with Gasteiger partial charge >= 0.3 is 0 Å². The summed E-state index contributed by atoms with van der Waals surface area (Å²) in [7, 11) is -2.14. The Kier molecular flexibility index (Phi) is 7.50. The summed E-state index contributed by atoms with van der Waals surface area (Å²) in [5.74, 6) is 0.960. The number of carbonyl (C=O) groups excluding carboxylic acids is 1. The van der Waals surface area contributed by atoms with Gasteiger partial charge in [-0.15, -0.1) is 0 Å². The molecule has 0 saturated carbocycles. The van der Waals surface area contributed by atoms with E-state index in [2.05, 4.69) is 5.32 Å². The molecule has 0 aliphatic rings. The van der Waals surface area contributed by atoms with Crippen LogP contribution < -0.4 is 19.1 Å². The number of anilines is 1. The Balaban J connectivity index is 2.00. The molecule has 0 unspecified atom stereocenters. The molecule has 0 saturated heterocycles. The lowest BCUT2D eigenvalue weighted by Crippen LogP contribution is -2.48. The normalized spacial score (nSPS) is 12.2. The van der Waals surface area contributed by atoms with Gasteiger partial charge in [0.1, 0.15) is 24.1 Å². The molecule has 2 aromatic carbocycles. The van der Waals surface area contributed by atoms with Crippen molar-refractivity contribution in [3.8, 4) is 11.5 Å². The fourth-order valence-corrected chi connectivity index (χ4v) is 4.06. The molecule has 7 nitrogen and oxygen atoms in total. The topological polar surface area (TPSA) is 84.9 Å². The third-order valence-corrected chi connectivity index (χ3v) is 5.66. The van der Waals surface area contributed by atoms with Gasteiger partial charge in [-0.2, -0.15) is 0 Å². The summed E-state index contributed by atoms with van der Waals surface area (Å²) in [6, 6.07) is 11.5. The van der Waals surface area contributed by atoms with Crippen molar-refractivity contribution in [3.05, 3.63) is 53.6 Å². The van der Waals surface area contributed by atoms with Gasteiger partial charge in [0.25, 0.3) is 0 Å². The first-order valence-corrected chi connectivity index (χ1v) is 11.1. The predicted molar refractivity (Wildman–Crippen MR) is 114 cm³/mol. The highest BCUT2D eigenvalue weighted by molar-refractivity contribution is 7.92. The van der Waals surface area contributed by atoms with Crippen molar-refractivity contribution in [2.24, 2.45) is 0 Å². The van der Waals surface area contributed by atoms with E-state index in [1.807, 2.05) is 32.0 Å². The summed E-state index contributed by atoms with van der Waals surface area (Å²) >= 11 is 0. The molecule has 2 aromatic rings. The number of rotatable bonds is 9. The molecule has 0 fully saturated rings. The van der Waals surface area contributed by atoms with Crippen LogP contribution in [0, 0.1) is 13.8 Å². The molecule has 8 heteroatoms. The predicted octanol–water partition coefficient (Wildman–Crippen LogP) is 2.66. The van der Waals surface area contributed by atoms with Crippen molar-refractivity contribution in [2.45, 2.75) is 26.8 Å². The first-order valence-electron chi connectivity index (χ1n) is 9.24. The van der Waals surface area contributed by atoms with Gasteiger partial charge < -0.3 is 14.8 Å². The molecule has 1 N–H and O–H groups in total. The highest BCUT2D eigenvalue weighted by Gasteiger charge is 2.28. The fraction of sp³-hybridized carbons (Fsp3) is 0.381. The van der Waals surface area contributed by atoms with E-state index in [1.54, 1.807) is 31.2 Å². The van der Waals surface area contributed by atoms with Crippen molar-refractivity contribution in [2.75, 3.05) is 30.8 Å². The van der Waals surface area contributed by atoms with Crippen LogP contribution in [-0.4, -0.2) is 46.9 Å². The van der Waals surface area contributed by atoms with Crippen LogP contribution in [0.4, 0.5) is 5.69 Å². The van der Waals surface area contributed by atoms with E-state index in [1.165, 1.54) is 7.11 Å². The van der Waals surface area contributed by atoms with Crippen molar-refractivity contribution < 1.29 is 22.7 Å². The second-order valence-electron chi connectivity index (χ2n) is 6.84. The number of hydrogen-bond acceptors (Lipinski definition) is 5. The van der Waals surface area contributed by atoms with Gasteiger partial charge in [-0.25, -0.2) is 8.42 Å². The van der Waals surface area contributed by atoms with Crippen LogP contribution in [0.15, 0.2) is 42.5 Å². The van der Waals surface area contributed by atoms with Crippen LogP contribution in [0.25, 0.3) is 0 Å². The summed E-state index contributed by atoms with van der Waals surface area (Å²) in [5.41, 5.74) is 2.49. The number of amides is 1. The third kappa shape index (κ3) is 6.12. The van der Waals surface area contributed by atoms with Gasteiger partial charge in [0.15, 0.2) is 0 Å². The lowest BCUT2D eigenvalue weighted by Gasteiger charge is -2.28. The van der Waals surface area contributed by atoms with Crippen molar-refractivity contribution in [1.82, 2.24) is 5.32 Å². The second-order valence-corrected chi connectivity index (χ2v) is 8.70. The molecule has 0 aliphatic heterocycles. The lowest BCUT2D eigenvalue weighted by molar-refractivity contribution is -0.121. The fourth-order valence-electron chi connectivity index (χ4n) is 2.88. The van der Waals surface area contributed by atoms with Crippen LogP contribution in [0.2, 0.25) is 0 Å². The molecule has 0 aliphatic carbocycles. The van der Waals surface area contributed by atoms with Gasteiger partial charge in [-0.05, 0) is 62.2 Å². The average Bonchev–Trinajstić information content (AvgIpc) is 2.67. The average molecular weight is 421 g/mol. The summed E-state index contributed by atoms with van der Waals surface area (Å²) < 4.78 is 36.5. The number of sulfonamides is 1. The van der Waals surface area contributed by atoms with Crippen molar-refractivity contribution in [3.63, 3.8) is 0 Å². The molecule has 0 spiro atoms. The molecule has 1 atom stereocenters. The van der Waals surface area contributed by atoms with E-state index in [0.29, 0.717) is 11.4 Å². The minimum atomic E-state index is -3.67. The lowest BCUT2D eigenvalue weighted by atomic mass is 10.1. The van der Waals surface area contributed by atoms with Gasteiger partial charge in [0, 0.05) is 0 Å². The minimum Gasteiger partial charge on any atom is -0.497 e. The second kappa shape index (κ2) is 9.65. The monoisotopic (exact) mass is 420 g/mol. The van der Waals surface area contributed by atoms with Crippen LogP contribution in [-0.2, 0) is 14.8 Å². The maximum atomic E-state index is 12.6. The first kappa shape index (κ1) is 22.5. The number of ether oxygens (including phenoxy) is 2. The Bertz CT molecular complexity index is 942. The molecule has 0 aromatic heterocycles. The molecule has 29 heavy (non-hydrogen) atoms. The molecule has 0 radical (unpaired) electrons. The zero-order valence-electron chi connectivity index (χ0n) is 17.4. The SMILES string of the molecule is COc1ccc(N([C@@H](C)C(=O)NCCOc2cc(C)ccc2C)S(C)(=O)=O)cc1. The van der Waals surface area contributed by atoms with Crippen LogP contribution >= 0.6 is 0 Å². The summed E-state index contributed by atoms with van der Waals surface area (Å²) in [5, 5.41) is 2.74. The number of carbonyl (C=O) groups is 1. The molecule has 0 heterocycles. The van der Waals surface area contributed by atoms with E-state index in [0.717, 1.165) is 27.4 Å². The van der Waals surface area contributed by atoms with Gasteiger partial charge in [-0.1, -0.05) is 12.1 Å². The molecular formula is C21H28N2O5S. The molecule has 2 rings (SSSR count). The largest absolute Gasteiger partial charge is 0.497 e. The highest BCUT2D eigenvalue weighted by atomic mass is 32.2. The number of benzene rings is 2. The number of nitrogens with zero attached hydrogens (tertiary/aromatic N) is 1. The van der Waals surface area contributed by atoms with Crippen LogP contribution in [0.5, 0.6) is 11.5 Å². The molecule has 0 bridgehead atoms. The van der Waals surface area contributed by atoms with Crippen molar-refractivity contribution in [1.29, 1.82) is 0 Å². The smallest absolute Gasteiger partial charge is 0.243 e. The van der Waals surface area contributed by atoms with Gasteiger partial charge in [0.05, 0.1) is 25.6 Å². The highest BCUT2D eigenvalue weighted by Crippen LogP contribution is 2.24. The minimum absolute atomic E-state index is 0.261. The van der Waals surface area contributed by atoms with Crippen LogP contribution in [0.1, 0.15) is 18.1 Å². The standard InChI is InChI=1S/C21H28N2O5S/c1-15-6-7-16(2)20(14-15)28-13-12-22-21(24)17(3)23(29(5,25)26)18-8-10-19(27-4)11-9-18/h6-11,14,17H,12-13H2,1-5H3,(H,22,24)/t17-/m0/s1. The zero-order chi connectivity index (χ0) is 21.6. The van der Waals surface area contributed by atoms with Crippen LogP contribution in [0.3, 0.4) is 0 Å². The Morgan fingerprint density at radius 3 is 2.38 bits per heavy atom. The van der Waals surface area contributed by atoms with Gasteiger partial charge in [-0.3, -0.25) is 9.10 Å². The third-order valence-electron chi connectivity index (χ3n) is 4.42. The maximum Gasteiger partial charge on any atom is 0.243 e. The molecule has 158 valence electrons. The van der Waals surface area contributed by atoms with E-state index in [-0.39, 0.29) is 13.2 Å². The van der Waals surface area contributed by atoms with E-state index in [9.17, 15) is 13.2 Å². The quantitative estimate of drug-likeness (QED) is 0.631. The summed E-state index contributed by atoms with van der Waals surface area (Å²) in [6.07, 6.45) is 1.07. The molecular weight excluding hydrogens is 392 g/mol. The number of nitrogens with one attached hydrogen (secondary N) is 1. The Morgan fingerprint density at radius 1 is 1.14 bits per heavy atom. The zero-order valence-corrected chi connectivity index (χ0v) is 18.2. The maximum absolute atomic E-state index is 12.6. The summed E-state index contributed by atoms with van der Waals surface area (Å²) in [4.78, 5) is 12.6. The first-order chi connectivity index (χ1) is 13.6. The number of hydrogen-bond donors (Lipinski definition) is 1. The van der Waals surface area contributed by atoms with E-state index >= 15 is 0 Å². The van der Waals surface area contributed by atoms with E-state index in [4.69, 9.17) is 9.47 Å². The Labute approximate surface area is 172 Å². The summed E-state index contributed by atoms with van der Waals surface area (Å²) in [6.45, 7) is 6.02. The van der Waals surface area contributed by atoms with E-state index < -0.39 is 22.0 Å². The molecule has 1 amide bonds.